The summed E-state index contributed by atoms with van der Waals surface area (Å²) < 4.78 is 55.5. The number of nitrogens with one attached hydrogen (secondary N) is 3. The van der Waals surface area contributed by atoms with Crippen molar-refractivity contribution in [1.82, 2.24) is 25.2 Å². The van der Waals surface area contributed by atoms with E-state index >= 15 is 0 Å². The number of amides is 3. The van der Waals surface area contributed by atoms with E-state index in [1.54, 1.807) is 17.9 Å². The highest BCUT2D eigenvalue weighted by Gasteiger charge is 2.56. The monoisotopic (exact) mass is 781 g/mol. The van der Waals surface area contributed by atoms with Crippen LogP contribution in [0.15, 0.2) is 30.4 Å². The fourth-order valence-corrected chi connectivity index (χ4v) is 10.0. The van der Waals surface area contributed by atoms with Crippen molar-refractivity contribution < 1.29 is 36.7 Å². The number of sulfonamides is 1. The van der Waals surface area contributed by atoms with Crippen LogP contribution in [0.5, 0.6) is 5.75 Å². The largest absolute Gasteiger partial charge is 0.483 e. The van der Waals surface area contributed by atoms with Crippen LogP contribution >= 0.6 is 0 Å². The third-order valence-electron chi connectivity index (χ3n) is 12.4. The molecule has 5 atom stereocenters. The van der Waals surface area contributed by atoms with Crippen LogP contribution in [0.3, 0.4) is 0 Å². The number of carbonyl (C=O) groups is 3. The van der Waals surface area contributed by atoms with Gasteiger partial charge in [-0.3, -0.25) is 9.59 Å². The summed E-state index contributed by atoms with van der Waals surface area (Å²) in [6.07, 6.45) is 10.8. The number of nitrogens with zero attached hydrogens (tertiary/aromatic N) is 2. The van der Waals surface area contributed by atoms with Crippen LogP contribution in [0.4, 0.5) is 9.18 Å². The van der Waals surface area contributed by atoms with Crippen molar-refractivity contribution in [2.24, 2.45) is 11.3 Å². The first-order chi connectivity index (χ1) is 25.9. The first kappa shape index (κ1) is 39.5. The molecule has 3 N–H and O–H groups in total. The number of halogens is 1. The van der Waals surface area contributed by atoms with Crippen LogP contribution in [0.2, 0.25) is 0 Å². The van der Waals surface area contributed by atoms with E-state index in [-0.39, 0.29) is 43.3 Å². The van der Waals surface area contributed by atoms with Crippen LogP contribution in [-0.2, 0) is 30.8 Å². The fraction of sp³-hybridized carbons (Fsp3) is 0.659. The van der Waals surface area contributed by atoms with Crippen LogP contribution < -0.4 is 20.1 Å². The van der Waals surface area contributed by atoms with Gasteiger partial charge in [0.1, 0.15) is 29.3 Å². The van der Waals surface area contributed by atoms with Crippen molar-refractivity contribution in [2.75, 3.05) is 19.7 Å². The summed E-state index contributed by atoms with van der Waals surface area (Å²) in [6.45, 7) is 9.72. The minimum Gasteiger partial charge on any atom is -0.483 e. The highest BCUT2D eigenvalue weighted by Crippen LogP contribution is 2.47. The number of hydrogen-bond donors (Lipinski definition) is 3. The van der Waals surface area contributed by atoms with Gasteiger partial charge in [0.05, 0.1) is 34.6 Å². The topological polar surface area (TPSA) is 156 Å². The average Bonchev–Trinajstić information content (AvgIpc) is 3.79. The van der Waals surface area contributed by atoms with Gasteiger partial charge in [-0.2, -0.15) is 0 Å². The molecular formula is C41H56FN5O7S. The maximum absolute atomic E-state index is 14.8. The SMILES string of the molecule is Cc1nc2ccc(F)cc2c2c1OC1(CC2)CC2C(=O)NC3(CNS(=O)(=O)C4(C)CC4)CCC3C=CCCCCCC(NC(=O)OCC(C)(C)C)C(=O)N2C1. The summed E-state index contributed by atoms with van der Waals surface area (Å²) in [4.78, 5) is 48.9. The van der Waals surface area contributed by atoms with Gasteiger partial charge < -0.3 is 25.0 Å². The Morgan fingerprint density at radius 2 is 1.91 bits per heavy atom. The average molecular weight is 782 g/mol. The molecule has 55 heavy (non-hydrogen) atoms. The summed E-state index contributed by atoms with van der Waals surface area (Å²) in [6, 6.07) is 2.59. The molecule has 7 rings (SSSR count). The standard InChI is InChI=1S/C41H56FN5O7S/c1-26-34-29(30-21-28(42)13-14-31(30)44-26)16-17-40(54-34)22-33-35(48)46-41(23-43-55(51,52)39(5)19-20-39)18-15-27(41)11-9-7-6-8-10-12-32(36(49)47(33)24-40)45-37(50)53-25-38(2,3)4/h9,11,13-14,21,27,32-33,43H,6-8,10,12,15-20,22-25H2,1-5H3,(H,45,50)(H,46,48). The summed E-state index contributed by atoms with van der Waals surface area (Å²) in [5, 5.41) is 6.78. The van der Waals surface area contributed by atoms with Gasteiger partial charge in [0.15, 0.2) is 0 Å². The number of alkyl carbamates (subject to hydrolysis) is 1. The molecule has 0 bridgehead atoms. The number of carbonyl (C=O) groups excluding carboxylic acids is 3. The molecule has 1 aromatic heterocycles. The number of hydrogen-bond acceptors (Lipinski definition) is 8. The number of aromatic nitrogens is 1. The number of aryl methyl sites for hydroxylation is 2. The molecule has 4 heterocycles. The molecule has 5 unspecified atom stereocenters. The highest BCUT2D eigenvalue weighted by molar-refractivity contribution is 7.91. The zero-order chi connectivity index (χ0) is 39.4. The van der Waals surface area contributed by atoms with Gasteiger partial charge in [-0.1, -0.05) is 45.8 Å². The molecule has 300 valence electrons. The molecule has 12 nitrogen and oxygen atoms in total. The predicted octanol–water partition coefficient (Wildman–Crippen LogP) is 5.75. The van der Waals surface area contributed by atoms with Crippen molar-refractivity contribution in [1.29, 1.82) is 0 Å². The van der Waals surface area contributed by atoms with Crippen molar-refractivity contribution in [3.05, 3.63) is 47.4 Å². The van der Waals surface area contributed by atoms with E-state index in [4.69, 9.17) is 14.5 Å². The van der Waals surface area contributed by atoms with E-state index in [1.807, 2.05) is 27.7 Å². The second kappa shape index (κ2) is 14.6. The molecule has 1 spiro atoms. The van der Waals surface area contributed by atoms with E-state index in [1.165, 1.54) is 12.1 Å². The molecular weight excluding hydrogens is 726 g/mol. The molecule has 2 saturated carbocycles. The van der Waals surface area contributed by atoms with E-state index in [2.05, 4.69) is 27.5 Å². The molecule has 2 aliphatic carbocycles. The third kappa shape index (κ3) is 8.08. The van der Waals surface area contributed by atoms with E-state index in [0.29, 0.717) is 67.3 Å². The number of rotatable bonds is 6. The first-order valence-electron chi connectivity index (χ1n) is 19.9. The summed E-state index contributed by atoms with van der Waals surface area (Å²) in [7, 11) is -3.62. The minimum atomic E-state index is -3.62. The second-order valence-electron chi connectivity index (χ2n) is 18.1. The number of ether oxygens (including phenoxy) is 2. The first-order valence-corrected chi connectivity index (χ1v) is 21.4. The third-order valence-corrected chi connectivity index (χ3v) is 14.7. The molecule has 2 aromatic rings. The lowest BCUT2D eigenvalue weighted by Crippen LogP contribution is -2.67. The van der Waals surface area contributed by atoms with Crippen molar-refractivity contribution in [2.45, 2.75) is 140 Å². The fourth-order valence-electron chi connectivity index (χ4n) is 8.59. The van der Waals surface area contributed by atoms with Gasteiger partial charge in [0.25, 0.3) is 0 Å². The quantitative estimate of drug-likeness (QED) is 0.314. The van der Waals surface area contributed by atoms with Gasteiger partial charge in [-0.25, -0.2) is 27.3 Å². The zero-order valence-corrected chi connectivity index (χ0v) is 33.6. The second-order valence-corrected chi connectivity index (χ2v) is 20.4. The summed E-state index contributed by atoms with van der Waals surface area (Å²) in [5.74, 6) is -0.731. The maximum atomic E-state index is 14.8. The van der Waals surface area contributed by atoms with E-state index in [0.717, 1.165) is 31.2 Å². The molecule has 0 radical (unpaired) electrons. The van der Waals surface area contributed by atoms with Gasteiger partial charge in [0, 0.05) is 29.8 Å². The smallest absolute Gasteiger partial charge is 0.407 e. The molecule has 3 aliphatic heterocycles. The zero-order valence-electron chi connectivity index (χ0n) is 32.8. The lowest BCUT2D eigenvalue weighted by molar-refractivity contribution is -0.141. The van der Waals surface area contributed by atoms with Crippen molar-refractivity contribution >= 4 is 38.8 Å². The molecule has 14 heteroatoms. The molecule has 3 amide bonds. The van der Waals surface area contributed by atoms with Crippen LogP contribution in [-0.4, -0.2) is 83.9 Å². The van der Waals surface area contributed by atoms with Crippen LogP contribution in [0.1, 0.15) is 110 Å². The van der Waals surface area contributed by atoms with Gasteiger partial charge in [-0.05, 0) is 95.2 Å². The predicted molar refractivity (Wildman–Crippen MR) is 206 cm³/mol. The maximum Gasteiger partial charge on any atom is 0.407 e. The van der Waals surface area contributed by atoms with E-state index in [9.17, 15) is 27.2 Å². The molecule has 1 aromatic carbocycles. The van der Waals surface area contributed by atoms with Gasteiger partial charge in [0.2, 0.25) is 21.8 Å². The van der Waals surface area contributed by atoms with Crippen molar-refractivity contribution in [3.63, 3.8) is 0 Å². The number of allylic oxidation sites excluding steroid dienone is 1. The Balaban J connectivity index is 1.22. The van der Waals surface area contributed by atoms with E-state index < -0.39 is 55.9 Å². The van der Waals surface area contributed by atoms with Gasteiger partial charge >= 0.3 is 6.09 Å². The Morgan fingerprint density at radius 1 is 1.13 bits per heavy atom. The Kier molecular flexibility index (Phi) is 10.5. The summed E-state index contributed by atoms with van der Waals surface area (Å²) >= 11 is 0. The minimum absolute atomic E-state index is 0.0413. The highest BCUT2D eigenvalue weighted by atomic mass is 32.2. The normalized spacial score (nSPS) is 29.5. The Morgan fingerprint density at radius 3 is 2.62 bits per heavy atom. The molecule has 1 saturated heterocycles. The lowest BCUT2D eigenvalue weighted by Gasteiger charge is -2.50. The number of benzene rings is 1. The number of fused-ring (bicyclic) bond motifs is 5. The van der Waals surface area contributed by atoms with Crippen LogP contribution in [0.25, 0.3) is 10.9 Å². The molecule has 3 fully saturated rings. The molecule has 5 aliphatic rings. The Bertz CT molecular complexity index is 2000. The Hall–Kier alpha value is -3.78. The van der Waals surface area contributed by atoms with Crippen LogP contribution in [0, 0.1) is 24.1 Å². The summed E-state index contributed by atoms with van der Waals surface area (Å²) in [5.41, 5.74) is 0.0188. The lowest BCUT2D eigenvalue weighted by atomic mass is 9.66. The Labute approximate surface area is 323 Å². The van der Waals surface area contributed by atoms with Crippen molar-refractivity contribution in [3.8, 4) is 5.75 Å². The number of pyridine rings is 1. The van der Waals surface area contributed by atoms with Gasteiger partial charge in [-0.15, -0.1) is 0 Å².